The maximum Gasteiger partial charge on any atom is 0.109 e. The van der Waals surface area contributed by atoms with Crippen LogP contribution in [0.3, 0.4) is 0 Å². The number of hydrogen-bond donors (Lipinski definition) is 1. The second-order valence-electron chi connectivity index (χ2n) is 3.51. The van der Waals surface area contributed by atoms with Gasteiger partial charge in [0.05, 0.1) is 6.26 Å². The Bertz CT molecular complexity index is 245. The van der Waals surface area contributed by atoms with Crippen molar-refractivity contribution in [2.45, 2.75) is 12.0 Å². The third-order valence-corrected chi connectivity index (χ3v) is 2.46. The number of nitrogens with two attached hydrogens (primary N) is 1. The first-order valence-corrected chi connectivity index (χ1v) is 4.25. The highest BCUT2D eigenvalue weighted by Crippen LogP contribution is 2.25. The van der Waals surface area contributed by atoms with Gasteiger partial charge in [0.15, 0.2) is 0 Å². The molecule has 1 aromatic rings. The summed E-state index contributed by atoms with van der Waals surface area (Å²) in [5.41, 5.74) is 5.96. The van der Waals surface area contributed by atoms with Gasteiger partial charge in [-0.25, -0.2) is 0 Å². The lowest BCUT2D eigenvalue weighted by Crippen LogP contribution is -2.27. The van der Waals surface area contributed by atoms with Gasteiger partial charge in [0.25, 0.3) is 0 Å². The number of likely N-dealkylation sites (N-methyl/N-ethyl adjacent to an activating group) is 1. The third-order valence-electron chi connectivity index (χ3n) is 2.46. The summed E-state index contributed by atoms with van der Waals surface area (Å²) < 4.78 is 5.33. The normalized spacial score (nSPS) is 31.2. The van der Waals surface area contributed by atoms with Gasteiger partial charge >= 0.3 is 0 Å². The molecule has 0 amide bonds. The highest BCUT2D eigenvalue weighted by Gasteiger charge is 2.30. The van der Waals surface area contributed by atoms with Crippen molar-refractivity contribution in [2.75, 3.05) is 20.1 Å². The van der Waals surface area contributed by atoms with E-state index in [1.807, 2.05) is 12.1 Å². The summed E-state index contributed by atoms with van der Waals surface area (Å²) in [4.78, 5) is 2.23. The van der Waals surface area contributed by atoms with Crippen molar-refractivity contribution >= 4 is 0 Å². The quantitative estimate of drug-likeness (QED) is 0.665. The Kier molecular flexibility index (Phi) is 1.90. The Labute approximate surface area is 72.1 Å². The molecular weight excluding hydrogens is 152 g/mol. The van der Waals surface area contributed by atoms with Crippen LogP contribution in [0.15, 0.2) is 22.8 Å². The lowest BCUT2D eigenvalue weighted by Gasteiger charge is -2.09. The van der Waals surface area contributed by atoms with Gasteiger partial charge in [-0.2, -0.15) is 0 Å². The third kappa shape index (κ3) is 1.26. The zero-order valence-corrected chi connectivity index (χ0v) is 7.23. The van der Waals surface area contributed by atoms with Gasteiger partial charge < -0.3 is 15.1 Å². The number of nitrogens with zero attached hydrogens (tertiary/aromatic N) is 1. The van der Waals surface area contributed by atoms with E-state index in [4.69, 9.17) is 10.2 Å². The van der Waals surface area contributed by atoms with Crippen LogP contribution >= 0.6 is 0 Å². The molecule has 2 unspecified atom stereocenters. The standard InChI is InChI=1S/C9H14N2O/c1-11-5-7(8(10)6-11)9-3-2-4-12-9/h2-4,7-8H,5-6,10H2,1H3. The van der Waals surface area contributed by atoms with E-state index in [0.29, 0.717) is 5.92 Å². The monoisotopic (exact) mass is 166 g/mol. The molecule has 2 atom stereocenters. The minimum atomic E-state index is 0.223. The number of likely N-dealkylation sites (tertiary alicyclic amines) is 1. The SMILES string of the molecule is CN1CC(N)C(c2ccco2)C1. The van der Waals surface area contributed by atoms with Crippen molar-refractivity contribution in [1.82, 2.24) is 4.90 Å². The van der Waals surface area contributed by atoms with E-state index >= 15 is 0 Å². The number of rotatable bonds is 1. The number of furan rings is 1. The van der Waals surface area contributed by atoms with Crippen LogP contribution in [0.5, 0.6) is 0 Å². The first-order chi connectivity index (χ1) is 5.77. The van der Waals surface area contributed by atoms with E-state index in [1.54, 1.807) is 6.26 Å². The number of hydrogen-bond acceptors (Lipinski definition) is 3. The van der Waals surface area contributed by atoms with Crippen LogP contribution in [-0.2, 0) is 0 Å². The molecule has 0 bridgehead atoms. The Morgan fingerprint density at radius 3 is 2.92 bits per heavy atom. The average Bonchev–Trinajstić information content (AvgIpc) is 2.58. The van der Waals surface area contributed by atoms with E-state index in [2.05, 4.69) is 11.9 Å². The van der Waals surface area contributed by atoms with E-state index in [0.717, 1.165) is 18.8 Å². The largest absolute Gasteiger partial charge is 0.469 e. The second kappa shape index (κ2) is 2.92. The fraction of sp³-hybridized carbons (Fsp3) is 0.556. The van der Waals surface area contributed by atoms with Crippen molar-refractivity contribution in [3.63, 3.8) is 0 Å². The summed E-state index contributed by atoms with van der Waals surface area (Å²) >= 11 is 0. The van der Waals surface area contributed by atoms with Crippen LogP contribution in [0.1, 0.15) is 11.7 Å². The lowest BCUT2D eigenvalue weighted by atomic mass is 10.0. The van der Waals surface area contributed by atoms with E-state index < -0.39 is 0 Å². The van der Waals surface area contributed by atoms with Crippen molar-refractivity contribution in [2.24, 2.45) is 5.73 Å². The van der Waals surface area contributed by atoms with Gasteiger partial charge in [-0.15, -0.1) is 0 Å². The molecule has 1 aliphatic heterocycles. The summed E-state index contributed by atoms with van der Waals surface area (Å²) in [7, 11) is 2.09. The zero-order chi connectivity index (χ0) is 8.55. The predicted molar refractivity (Wildman–Crippen MR) is 46.9 cm³/mol. The van der Waals surface area contributed by atoms with Gasteiger partial charge in [0.2, 0.25) is 0 Å². The van der Waals surface area contributed by atoms with Gasteiger partial charge in [-0.1, -0.05) is 0 Å². The van der Waals surface area contributed by atoms with Crippen molar-refractivity contribution in [1.29, 1.82) is 0 Å². The molecule has 0 aliphatic carbocycles. The van der Waals surface area contributed by atoms with Gasteiger partial charge in [-0.3, -0.25) is 0 Å². The molecule has 0 spiro atoms. The van der Waals surface area contributed by atoms with Gasteiger partial charge in [-0.05, 0) is 19.2 Å². The molecule has 1 aliphatic rings. The molecule has 0 aromatic carbocycles. The van der Waals surface area contributed by atoms with Crippen LogP contribution in [0.2, 0.25) is 0 Å². The molecule has 3 heteroatoms. The highest BCUT2D eigenvalue weighted by molar-refractivity contribution is 5.12. The molecule has 1 aromatic heterocycles. The molecule has 2 heterocycles. The minimum Gasteiger partial charge on any atom is -0.469 e. The summed E-state index contributed by atoms with van der Waals surface area (Å²) in [6, 6.07) is 4.14. The molecule has 66 valence electrons. The van der Waals surface area contributed by atoms with Crippen molar-refractivity contribution in [3.8, 4) is 0 Å². The highest BCUT2D eigenvalue weighted by atomic mass is 16.3. The summed E-state index contributed by atoms with van der Waals surface area (Å²) in [6.45, 7) is 1.97. The van der Waals surface area contributed by atoms with Crippen LogP contribution in [-0.4, -0.2) is 31.1 Å². The Hall–Kier alpha value is -0.800. The second-order valence-corrected chi connectivity index (χ2v) is 3.51. The Morgan fingerprint density at radius 1 is 1.58 bits per heavy atom. The molecule has 2 rings (SSSR count). The van der Waals surface area contributed by atoms with Crippen molar-refractivity contribution in [3.05, 3.63) is 24.2 Å². The molecule has 12 heavy (non-hydrogen) atoms. The van der Waals surface area contributed by atoms with E-state index in [9.17, 15) is 0 Å². The van der Waals surface area contributed by atoms with E-state index in [-0.39, 0.29) is 6.04 Å². The van der Waals surface area contributed by atoms with E-state index in [1.165, 1.54) is 0 Å². The van der Waals surface area contributed by atoms with Gasteiger partial charge in [0.1, 0.15) is 5.76 Å². The fourth-order valence-corrected chi connectivity index (χ4v) is 1.84. The molecule has 3 nitrogen and oxygen atoms in total. The topological polar surface area (TPSA) is 42.4 Å². The molecule has 0 radical (unpaired) electrons. The first-order valence-electron chi connectivity index (χ1n) is 4.25. The predicted octanol–water partition coefficient (Wildman–Crippen LogP) is 0.636. The van der Waals surface area contributed by atoms with Crippen LogP contribution in [0.25, 0.3) is 0 Å². The summed E-state index contributed by atoms with van der Waals surface area (Å²) in [5, 5.41) is 0. The summed E-state index contributed by atoms with van der Waals surface area (Å²) in [5.74, 6) is 1.40. The van der Waals surface area contributed by atoms with Gasteiger partial charge in [0, 0.05) is 25.0 Å². The molecular formula is C9H14N2O. The Morgan fingerprint density at radius 2 is 2.42 bits per heavy atom. The maximum absolute atomic E-state index is 5.96. The van der Waals surface area contributed by atoms with Crippen LogP contribution in [0, 0.1) is 0 Å². The lowest BCUT2D eigenvalue weighted by molar-refractivity contribution is 0.396. The molecule has 2 N–H and O–H groups in total. The zero-order valence-electron chi connectivity index (χ0n) is 7.23. The Balaban J connectivity index is 2.15. The molecule has 0 saturated carbocycles. The van der Waals surface area contributed by atoms with Crippen LogP contribution in [0.4, 0.5) is 0 Å². The van der Waals surface area contributed by atoms with Crippen LogP contribution < -0.4 is 5.73 Å². The van der Waals surface area contributed by atoms with Crippen molar-refractivity contribution < 1.29 is 4.42 Å². The fourth-order valence-electron chi connectivity index (χ4n) is 1.84. The summed E-state index contributed by atoms with van der Waals surface area (Å²) in [6.07, 6.45) is 1.71. The maximum atomic E-state index is 5.96. The smallest absolute Gasteiger partial charge is 0.109 e. The molecule has 1 saturated heterocycles. The average molecular weight is 166 g/mol. The molecule has 1 fully saturated rings. The first kappa shape index (κ1) is 7.83. The minimum absolute atomic E-state index is 0.223.